The average molecular weight is 200 g/mol. The zero-order valence-electron chi connectivity index (χ0n) is 8.62. The molecule has 1 N–H and O–H groups in total. The highest BCUT2D eigenvalue weighted by Crippen LogP contribution is 2.30. The van der Waals surface area contributed by atoms with E-state index in [1.807, 2.05) is 12.1 Å². The molecule has 0 bridgehead atoms. The van der Waals surface area contributed by atoms with Crippen LogP contribution in [0.15, 0.2) is 28.7 Å². The highest BCUT2D eigenvalue weighted by atomic mass is 16.3. The molecular formula is C13H14NO. The van der Waals surface area contributed by atoms with Gasteiger partial charge in [0.15, 0.2) is 0 Å². The molecule has 77 valence electrons. The highest BCUT2D eigenvalue weighted by Gasteiger charge is 2.18. The summed E-state index contributed by atoms with van der Waals surface area (Å²) in [7, 11) is 0. The van der Waals surface area contributed by atoms with Crippen molar-refractivity contribution >= 4 is 11.0 Å². The minimum atomic E-state index is 0.590. The van der Waals surface area contributed by atoms with E-state index in [2.05, 4.69) is 23.5 Å². The van der Waals surface area contributed by atoms with E-state index in [4.69, 9.17) is 4.42 Å². The molecule has 0 spiro atoms. The summed E-state index contributed by atoms with van der Waals surface area (Å²) in [4.78, 5) is 0. The van der Waals surface area contributed by atoms with Crippen molar-refractivity contribution in [2.24, 2.45) is 0 Å². The lowest BCUT2D eigenvalue weighted by molar-refractivity contribution is 0.397. The summed E-state index contributed by atoms with van der Waals surface area (Å²) in [5.74, 6) is 1.72. The Hall–Kier alpha value is -1.28. The van der Waals surface area contributed by atoms with Gasteiger partial charge in [-0.1, -0.05) is 18.2 Å². The Kier molecular flexibility index (Phi) is 2.22. The first-order valence-electron chi connectivity index (χ1n) is 5.54. The van der Waals surface area contributed by atoms with Gasteiger partial charge in [-0.05, 0) is 32.0 Å². The molecule has 2 heteroatoms. The molecule has 2 aromatic rings. The predicted octanol–water partition coefficient (Wildman–Crippen LogP) is 2.70. The van der Waals surface area contributed by atoms with Gasteiger partial charge in [-0.15, -0.1) is 0 Å². The Morgan fingerprint density at radius 1 is 1.33 bits per heavy atom. The number of nitrogens with one attached hydrogen (secondary N) is 1. The zero-order valence-corrected chi connectivity index (χ0v) is 8.62. The number of rotatable bonds is 1. The van der Waals surface area contributed by atoms with E-state index in [9.17, 15) is 0 Å². The van der Waals surface area contributed by atoms with Gasteiger partial charge in [0.25, 0.3) is 0 Å². The number of piperidine rings is 1. The van der Waals surface area contributed by atoms with E-state index in [1.165, 1.54) is 18.2 Å². The molecule has 1 radical (unpaired) electrons. The molecule has 1 saturated heterocycles. The van der Waals surface area contributed by atoms with Gasteiger partial charge in [-0.2, -0.15) is 0 Å². The number of benzene rings is 1. The molecule has 1 fully saturated rings. The van der Waals surface area contributed by atoms with E-state index in [0.717, 1.165) is 24.4 Å². The Balaban J connectivity index is 1.96. The van der Waals surface area contributed by atoms with Crippen LogP contribution in [0, 0.1) is 6.07 Å². The molecule has 1 aromatic heterocycles. The smallest absolute Gasteiger partial charge is 0.142 e. The topological polar surface area (TPSA) is 25.2 Å². The van der Waals surface area contributed by atoms with Crippen molar-refractivity contribution in [3.8, 4) is 0 Å². The highest BCUT2D eigenvalue weighted by molar-refractivity contribution is 5.77. The van der Waals surface area contributed by atoms with Gasteiger partial charge >= 0.3 is 0 Å². The van der Waals surface area contributed by atoms with Gasteiger partial charge in [-0.25, -0.2) is 0 Å². The van der Waals surface area contributed by atoms with Gasteiger partial charge in [0.1, 0.15) is 11.3 Å². The molecule has 0 unspecified atom stereocenters. The van der Waals surface area contributed by atoms with Crippen molar-refractivity contribution in [3.63, 3.8) is 0 Å². The van der Waals surface area contributed by atoms with Gasteiger partial charge in [0.05, 0.1) is 0 Å². The van der Waals surface area contributed by atoms with Crippen molar-refractivity contribution in [3.05, 3.63) is 36.1 Å². The second-order valence-electron chi connectivity index (χ2n) is 4.13. The monoisotopic (exact) mass is 200 g/mol. The van der Waals surface area contributed by atoms with Crippen LogP contribution in [0.1, 0.15) is 24.5 Å². The number of para-hydroxylation sites is 1. The molecule has 3 rings (SSSR count). The minimum absolute atomic E-state index is 0.590. The first-order chi connectivity index (χ1) is 7.43. The minimum Gasteiger partial charge on any atom is -0.460 e. The van der Waals surface area contributed by atoms with Crippen molar-refractivity contribution in [2.45, 2.75) is 18.8 Å². The number of hydrogen-bond acceptors (Lipinski definition) is 2. The largest absolute Gasteiger partial charge is 0.460 e. The second kappa shape index (κ2) is 3.70. The van der Waals surface area contributed by atoms with Crippen LogP contribution < -0.4 is 5.32 Å². The molecule has 2 heterocycles. The van der Waals surface area contributed by atoms with Crippen LogP contribution in [0.25, 0.3) is 11.0 Å². The van der Waals surface area contributed by atoms with E-state index >= 15 is 0 Å². The fourth-order valence-electron chi connectivity index (χ4n) is 2.24. The molecule has 1 aromatic carbocycles. The standard InChI is InChI=1S/C13H14NO/c1-2-4-12-11(3-1)9-13(15-12)10-5-7-14-8-6-10/h1-3,9-10,14H,5-8H2. The molecule has 15 heavy (non-hydrogen) atoms. The summed E-state index contributed by atoms with van der Waals surface area (Å²) in [5.41, 5.74) is 0.894. The molecule has 1 aliphatic rings. The van der Waals surface area contributed by atoms with Gasteiger partial charge in [0, 0.05) is 17.4 Å². The zero-order chi connectivity index (χ0) is 10.1. The molecule has 0 aliphatic carbocycles. The van der Waals surface area contributed by atoms with Crippen LogP contribution in [0.4, 0.5) is 0 Å². The summed E-state index contributed by atoms with van der Waals surface area (Å²) < 4.78 is 5.82. The summed E-state index contributed by atoms with van der Waals surface area (Å²) in [5, 5.41) is 4.54. The molecular weight excluding hydrogens is 186 g/mol. The Morgan fingerprint density at radius 2 is 2.20 bits per heavy atom. The summed E-state index contributed by atoms with van der Waals surface area (Å²) >= 11 is 0. The number of furan rings is 1. The Bertz CT molecular complexity index is 421. The van der Waals surface area contributed by atoms with E-state index < -0.39 is 0 Å². The van der Waals surface area contributed by atoms with Crippen LogP contribution in [0.2, 0.25) is 0 Å². The van der Waals surface area contributed by atoms with E-state index in [-0.39, 0.29) is 0 Å². The normalized spacial score (nSPS) is 18.4. The lowest BCUT2D eigenvalue weighted by Crippen LogP contribution is -2.26. The van der Waals surface area contributed by atoms with Gasteiger partial charge in [-0.3, -0.25) is 0 Å². The molecule has 0 saturated carbocycles. The molecule has 2 nitrogen and oxygen atoms in total. The van der Waals surface area contributed by atoms with Crippen LogP contribution in [0.3, 0.4) is 0 Å². The second-order valence-corrected chi connectivity index (χ2v) is 4.13. The maximum atomic E-state index is 5.82. The first kappa shape index (κ1) is 8.98. The quantitative estimate of drug-likeness (QED) is 0.765. The van der Waals surface area contributed by atoms with Crippen molar-refractivity contribution < 1.29 is 4.42 Å². The third-order valence-corrected chi connectivity index (χ3v) is 3.11. The maximum absolute atomic E-state index is 5.82. The summed E-state index contributed by atoms with van der Waals surface area (Å²) in [6.45, 7) is 2.21. The van der Waals surface area contributed by atoms with Crippen LogP contribution in [0.5, 0.6) is 0 Å². The maximum Gasteiger partial charge on any atom is 0.142 e. The van der Waals surface area contributed by atoms with Crippen molar-refractivity contribution in [1.29, 1.82) is 0 Å². The van der Waals surface area contributed by atoms with Crippen LogP contribution in [-0.4, -0.2) is 13.1 Å². The third-order valence-electron chi connectivity index (χ3n) is 3.11. The van der Waals surface area contributed by atoms with Crippen LogP contribution in [-0.2, 0) is 0 Å². The number of fused-ring (bicyclic) bond motifs is 1. The third kappa shape index (κ3) is 1.65. The van der Waals surface area contributed by atoms with Gasteiger partial charge in [0.2, 0.25) is 0 Å². The van der Waals surface area contributed by atoms with Crippen molar-refractivity contribution in [1.82, 2.24) is 5.32 Å². The lowest BCUT2D eigenvalue weighted by Gasteiger charge is -2.20. The SMILES string of the molecule is [c]1cccc2cc(C3CCNCC3)oc12. The first-order valence-corrected chi connectivity index (χ1v) is 5.54. The molecule has 1 aliphatic heterocycles. The molecule has 0 atom stereocenters. The van der Waals surface area contributed by atoms with Gasteiger partial charge < -0.3 is 9.73 Å². The fourth-order valence-corrected chi connectivity index (χ4v) is 2.24. The van der Waals surface area contributed by atoms with Crippen molar-refractivity contribution in [2.75, 3.05) is 13.1 Å². The van der Waals surface area contributed by atoms with Crippen LogP contribution >= 0.6 is 0 Å². The van der Waals surface area contributed by atoms with E-state index in [1.54, 1.807) is 0 Å². The Morgan fingerprint density at radius 3 is 3.00 bits per heavy atom. The summed E-state index contributed by atoms with van der Waals surface area (Å²) in [6, 6.07) is 11.3. The Labute approximate surface area is 89.3 Å². The predicted molar refractivity (Wildman–Crippen MR) is 59.9 cm³/mol. The molecule has 0 amide bonds. The fraction of sp³-hybridized carbons (Fsp3) is 0.385. The summed E-state index contributed by atoms with van der Waals surface area (Å²) in [6.07, 6.45) is 2.36. The average Bonchev–Trinajstić information content (AvgIpc) is 2.74. The number of hydrogen-bond donors (Lipinski definition) is 1. The van der Waals surface area contributed by atoms with E-state index in [0.29, 0.717) is 5.92 Å². The lowest BCUT2D eigenvalue weighted by atomic mass is 9.95.